The lowest BCUT2D eigenvalue weighted by molar-refractivity contribution is 0.0467. The summed E-state index contributed by atoms with van der Waals surface area (Å²) in [5, 5.41) is 1.86. The van der Waals surface area contributed by atoms with Crippen LogP contribution in [0.3, 0.4) is 0 Å². The predicted molar refractivity (Wildman–Crippen MR) is 106 cm³/mol. The van der Waals surface area contributed by atoms with Gasteiger partial charge in [-0.1, -0.05) is 24.3 Å². The molecule has 0 radical (unpaired) electrons. The lowest BCUT2D eigenvalue weighted by Crippen LogP contribution is -2.16. The molecule has 2 aromatic carbocycles. The molecule has 7 heteroatoms. The van der Waals surface area contributed by atoms with Crippen LogP contribution in [-0.4, -0.2) is 15.4 Å². The molecule has 0 unspecified atom stereocenters. The summed E-state index contributed by atoms with van der Waals surface area (Å²) in [5.74, 6) is 0.701. The molecular formula is C21H16N2O4S. The number of aromatic nitrogens is 2. The van der Waals surface area contributed by atoms with Crippen LogP contribution in [0.1, 0.15) is 21.7 Å². The van der Waals surface area contributed by atoms with Crippen molar-refractivity contribution in [2.45, 2.75) is 13.5 Å². The molecule has 28 heavy (non-hydrogen) atoms. The summed E-state index contributed by atoms with van der Waals surface area (Å²) in [6.07, 6.45) is 0. The molecule has 0 aliphatic carbocycles. The number of benzene rings is 2. The number of thiazole rings is 1. The van der Waals surface area contributed by atoms with Gasteiger partial charge in [0.2, 0.25) is 0 Å². The Balaban J connectivity index is 1.47. The van der Waals surface area contributed by atoms with Gasteiger partial charge in [-0.2, -0.15) is 0 Å². The van der Waals surface area contributed by atoms with E-state index in [1.807, 2.05) is 42.6 Å². The zero-order valence-corrected chi connectivity index (χ0v) is 15.8. The molecule has 0 atom stereocenters. The van der Waals surface area contributed by atoms with E-state index in [0.29, 0.717) is 27.7 Å². The topological polar surface area (TPSA) is 69.9 Å². The molecule has 4 rings (SSSR count). The molecule has 0 fully saturated rings. The molecule has 0 bridgehead atoms. The minimum absolute atomic E-state index is 0.0781. The largest absolute Gasteiger partial charge is 0.457 e. The highest BCUT2D eigenvalue weighted by Gasteiger charge is 2.12. The van der Waals surface area contributed by atoms with Gasteiger partial charge < -0.3 is 9.47 Å². The van der Waals surface area contributed by atoms with E-state index < -0.39 is 5.97 Å². The highest BCUT2D eigenvalue weighted by molar-refractivity contribution is 7.15. The monoisotopic (exact) mass is 392 g/mol. The molecule has 0 amide bonds. The first-order valence-electron chi connectivity index (χ1n) is 8.57. The van der Waals surface area contributed by atoms with Gasteiger partial charge in [0, 0.05) is 17.1 Å². The summed E-state index contributed by atoms with van der Waals surface area (Å²) < 4.78 is 12.6. The second-order valence-corrected chi connectivity index (χ2v) is 6.94. The SMILES string of the molecule is Cc1csc2nc(COC(=O)c3cccc(Oc4ccccc4)c3)cc(=O)n12. The van der Waals surface area contributed by atoms with Crippen molar-refractivity contribution in [3.05, 3.63) is 93.3 Å². The summed E-state index contributed by atoms with van der Waals surface area (Å²) in [5.41, 5.74) is 1.42. The fourth-order valence-electron chi connectivity index (χ4n) is 2.71. The fourth-order valence-corrected chi connectivity index (χ4v) is 3.60. The lowest BCUT2D eigenvalue weighted by atomic mass is 10.2. The van der Waals surface area contributed by atoms with Gasteiger partial charge in [0.25, 0.3) is 5.56 Å². The number of ether oxygens (including phenoxy) is 2. The van der Waals surface area contributed by atoms with Crippen molar-refractivity contribution in [2.24, 2.45) is 0 Å². The summed E-state index contributed by atoms with van der Waals surface area (Å²) in [6.45, 7) is 1.77. The molecule has 0 saturated heterocycles. The summed E-state index contributed by atoms with van der Waals surface area (Å²) in [7, 11) is 0. The van der Waals surface area contributed by atoms with E-state index in [0.717, 1.165) is 5.69 Å². The van der Waals surface area contributed by atoms with Crippen LogP contribution in [0.4, 0.5) is 0 Å². The average Bonchev–Trinajstić information content (AvgIpc) is 3.08. The van der Waals surface area contributed by atoms with Crippen molar-refractivity contribution in [1.29, 1.82) is 0 Å². The lowest BCUT2D eigenvalue weighted by Gasteiger charge is -2.08. The number of aryl methyl sites for hydroxylation is 1. The maximum atomic E-state index is 12.4. The average molecular weight is 392 g/mol. The van der Waals surface area contributed by atoms with E-state index in [1.165, 1.54) is 21.8 Å². The molecule has 0 saturated carbocycles. The second kappa shape index (κ2) is 7.66. The summed E-state index contributed by atoms with van der Waals surface area (Å²) in [6, 6.07) is 17.4. The van der Waals surface area contributed by atoms with Gasteiger partial charge in [-0.25, -0.2) is 9.78 Å². The Kier molecular flexibility index (Phi) is 4.90. The third-order valence-corrected chi connectivity index (χ3v) is 4.97. The number of hydrogen-bond donors (Lipinski definition) is 0. The van der Waals surface area contributed by atoms with Crippen molar-refractivity contribution in [3.63, 3.8) is 0 Å². The Bertz CT molecular complexity index is 1200. The van der Waals surface area contributed by atoms with Gasteiger partial charge in [-0.3, -0.25) is 9.20 Å². The van der Waals surface area contributed by atoms with Crippen LogP contribution in [0.15, 0.2) is 70.8 Å². The van der Waals surface area contributed by atoms with E-state index in [4.69, 9.17) is 9.47 Å². The predicted octanol–water partition coefficient (Wildman–Crippen LogP) is 4.21. The molecule has 0 aliphatic rings. The summed E-state index contributed by atoms with van der Waals surface area (Å²) in [4.78, 5) is 29.5. The number of esters is 1. The van der Waals surface area contributed by atoms with Crippen LogP contribution < -0.4 is 10.3 Å². The van der Waals surface area contributed by atoms with Crippen molar-refractivity contribution in [3.8, 4) is 11.5 Å². The zero-order valence-electron chi connectivity index (χ0n) is 15.0. The van der Waals surface area contributed by atoms with Gasteiger partial charge in [-0.05, 0) is 37.3 Å². The Morgan fingerprint density at radius 3 is 2.68 bits per heavy atom. The molecular weight excluding hydrogens is 376 g/mol. The van der Waals surface area contributed by atoms with Gasteiger partial charge in [-0.15, -0.1) is 11.3 Å². The number of rotatable bonds is 5. The number of hydrogen-bond acceptors (Lipinski definition) is 6. The van der Waals surface area contributed by atoms with Crippen LogP contribution in [0.5, 0.6) is 11.5 Å². The molecule has 0 aliphatic heterocycles. The smallest absolute Gasteiger partial charge is 0.338 e. The number of fused-ring (bicyclic) bond motifs is 1. The number of nitrogens with zero attached hydrogens (tertiary/aromatic N) is 2. The minimum Gasteiger partial charge on any atom is -0.457 e. The number of para-hydroxylation sites is 1. The standard InChI is InChI=1S/C21H16N2O4S/c1-14-13-28-21-22-16(11-19(24)23(14)21)12-26-20(25)15-6-5-9-18(10-15)27-17-7-3-2-4-8-17/h2-11,13H,12H2,1H3. The van der Waals surface area contributed by atoms with Crippen LogP contribution in [-0.2, 0) is 11.3 Å². The highest BCUT2D eigenvalue weighted by atomic mass is 32.1. The first kappa shape index (κ1) is 17.9. The van der Waals surface area contributed by atoms with Crippen molar-refractivity contribution < 1.29 is 14.3 Å². The normalized spacial score (nSPS) is 10.8. The first-order valence-corrected chi connectivity index (χ1v) is 9.45. The molecule has 140 valence electrons. The van der Waals surface area contributed by atoms with Gasteiger partial charge in [0.15, 0.2) is 4.96 Å². The van der Waals surface area contributed by atoms with Crippen LogP contribution >= 0.6 is 11.3 Å². The highest BCUT2D eigenvalue weighted by Crippen LogP contribution is 2.22. The van der Waals surface area contributed by atoms with Gasteiger partial charge >= 0.3 is 5.97 Å². The Labute approximate surface area is 164 Å². The summed E-state index contributed by atoms with van der Waals surface area (Å²) >= 11 is 1.37. The number of carbonyl (C=O) groups excluding carboxylic acids is 1. The van der Waals surface area contributed by atoms with Gasteiger partial charge in [0.05, 0.1) is 11.3 Å². The molecule has 2 heterocycles. The molecule has 2 aromatic heterocycles. The third-order valence-electron chi connectivity index (χ3n) is 4.03. The third kappa shape index (κ3) is 3.79. The zero-order chi connectivity index (χ0) is 19.5. The second-order valence-electron chi connectivity index (χ2n) is 6.10. The maximum Gasteiger partial charge on any atom is 0.338 e. The Morgan fingerprint density at radius 2 is 1.86 bits per heavy atom. The van der Waals surface area contributed by atoms with Crippen LogP contribution in [0.25, 0.3) is 4.96 Å². The molecule has 0 N–H and O–H groups in total. The van der Waals surface area contributed by atoms with E-state index >= 15 is 0 Å². The van der Waals surface area contributed by atoms with Crippen LogP contribution in [0.2, 0.25) is 0 Å². The molecule has 0 spiro atoms. The minimum atomic E-state index is -0.511. The molecule has 4 aromatic rings. The van der Waals surface area contributed by atoms with Crippen molar-refractivity contribution in [1.82, 2.24) is 9.38 Å². The molecule has 6 nitrogen and oxygen atoms in total. The Morgan fingerprint density at radius 1 is 1.07 bits per heavy atom. The van der Waals surface area contributed by atoms with Crippen molar-refractivity contribution >= 4 is 22.3 Å². The number of carbonyl (C=O) groups is 1. The Hall–Kier alpha value is -3.45. The maximum absolute atomic E-state index is 12.4. The van der Waals surface area contributed by atoms with E-state index in [2.05, 4.69) is 4.98 Å². The van der Waals surface area contributed by atoms with Crippen molar-refractivity contribution in [2.75, 3.05) is 0 Å². The van der Waals surface area contributed by atoms with E-state index in [1.54, 1.807) is 24.3 Å². The van der Waals surface area contributed by atoms with E-state index in [-0.39, 0.29) is 12.2 Å². The van der Waals surface area contributed by atoms with Crippen LogP contribution in [0, 0.1) is 6.92 Å². The van der Waals surface area contributed by atoms with Gasteiger partial charge in [0.1, 0.15) is 18.1 Å². The van der Waals surface area contributed by atoms with E-state index in [9.17, 15) is 9.59 Å². The fraction of sp³-hybridized carbons (Fsp3) is 0.0952. The first-order chi connectivity index (χ1) is 13.6. The quantitative estimate of drug-likeness (QED) is 0.476.